The standard InChI is InChI=1S/C13H24N2O5S/c1-4-13(2,3)9-14-12(18)15-5-6-21(19,20)8-10(15)7-11(16)17/h10H,4-9H2,1-3H3,(H,14,18)(H,16,17). The summed E-state index contributed by atoms with van der Waals surface area (Å²) in [5, 5.41) is 11.7. The van der Waals surface area contributed by atoms with Crippen LogP contribution in [0.25, 0.3) is 0 Å². The molecule has 0 radical (unpaired) electrons. The lowest BCUT2D eigenvalue weighted by molar-refractivity contribution is -0.138. The molecule has 0 aliphatic carbocycles. The fourth-order valence-corrected chi connectivity index (χ4v) is 3.59. The van der Waals surface area contributed by atoms with E-state index in [2.05, 4.69) is 5.32 Å². The number of carbonyl (C=O) groups is 2. The van der Waals surface area contributed by atoms with Gasteiger partial charge in [-0.25, -0.2) is 13.2 Å². The van der Waals surface area contributed by atoms with Crippen molar-refractivity contribution in [2.75, 3.05) is 24.6 Å². The van der Waals surface area contributed by atoms with Crippen LogP contribution < -0.4 is 5.32 Å². The average Bonchev–Trinajstić information content (AvgIpc) is 2.34. The van der Waals surface area contributed by atoms with Gasteiger partial charge in [-0.15, -0.1) is 0 Å². The maximum absolute atomic E-state index is 12.2. The average molecular weight is 320 g/mol. The second-order valence-corrected chi connectivity index (χ2v) is 8.46. The maximum Gasteiger partial charge on any atom is 0.317 e. The molecule has 122 valence electrons. The molecule has 2 amide bonds. The quantitative estimate of drug-likeness (QED) is 0.776. The molecule has 1 rings (SSSR count). The summed E-state index contributed by atoms with van der Waals surface area (Å²) < 4.78 is 23.2. The summed E-state index contributed by atoms with van der Waals surface area (Å²) in [6, 6.07) is -1.19. The molecule has 1 atom stereocenters. The number of hydrogen-bond acceptors (Lipinski definition) is 4. The lowest BCUT2D eigenvalue weighted by atomic mass is 9.90. The molecule has 1 unspecified atom stereocenters. The number of nitrogens with zero attached hydrogens (tertiary/aromatic N) is 1. The first-order chi connectivity index (χ1) is 9.56. The summed E-state index contributed by atoms with van der Waals surface area (Å²) in [6.45, 7) is 6.56. The molecule has 0 saturated carbocycles. The zero-order chi connectivity index (χ0) is 16.3. The van der Waals surface area contributed by atoms with Crippen molar-refractivity contribution in [2.45, 2.75) is 39.7 Å². The van der Waals surface area contributed by atoms with Crippen molar-refractivity contribution in [3.05, 3.63) is 0 Å². The minimum atomic E-state index is -3.28. The molecule has 0 aromatic heterocycles. The van der Waals surface area contributed by atoms with Gasteiger partial charge in [-0.3, -0.25) is 4.79 Å². The van der Waals surface area contributed by atoms with Gasteiger partial charge in [-0.2, -0.15) is 0 Å². The molecule has 8 heteroatoms. The smallest absolute Gasteiger partial charge is 0.317 e. The van der Waals surface area contributed by atoms with Crippen molar-refractivity contribution >= 4 is 21.8 Å². The number of nitrogens with one attached hydrogen (secondary N) is 1. The Bertz CT molecular complexity index is 501. The van der Waals surface area contributed by atoms with Gasteiger partial charge in [0, 0.05) is 13.1 Å². The topological polar surface area (TPSA) is 104 Å². The van der Waals surface area contributed by atoms with Gasteiger partial charge < -0.3 is 15.3 Å². The number of amides is 2. The van der Waals surface area contributed by atoms with Crippen molar-refractivity contribution in [1.82, 2.24) is 10.2 Å². The van der Waals surface area contributed by atoms with Gasteiger partial charge in [0.15, 0.2) is 9.84 Å². The molecule has 1 aliphatic rings. The van der Waals surface area contributed by atoms with E-state index in [0.29, 0.717) is 6.54 Å². The van der Waals surface area contributed by atoms with Gasteiger partial charge in [-0.1, -0.05) is 20.8 Å². The number of carboxylic acids is 1. The van der Waals surface area contributed by atoms with E-state index >= 15 is 0 Å². The van der Waals surface area contributed by atoms with Gasteiger partial charge in [-0.05, 0) is 11.8 Å². The summed E-state index contributed by atoms with van der Waals surface area (Å²) in [5.74, 6) is -1.51. The zero-order valence-corrected chi connectivity index (χ0v) is 13.6. The third-order valence-electron chi connectivity index (χ3n) is 3.88. The van der Waals surface area contributed by atoms with Crippen LogP contribution >= 0.6 is 0 Å². The molecule has 2 N–H and O–H groups in total. The number of carbonyl (C=O) groups excluding carboxylic acids is 1. The van der Waals surface area contributed by atoms with E-state index in [4.69, 9.17) is 5.11 Å². The van der Waals surface area contributed by atoms with Crippen LogP contribution in [0.1, 0.15) is 33.6 Å². The van der Waals surface area contributed by atoms with Crippen molar-refractivity contribution in [2.24, 2.45) is 5.41 Å². The summed E-state index contributed by atoms with van der Waals surface area (Å²) in [6.07, 6.45) is 0.532. The molecule has 7 nitrogen and oxygen atoms in total. The van der Waals surface area contributed by atoms with Crippen LogP contribution in [-0.2, 0) is 14.6 Å². The highest BCUT2D eigenvalue weighted by atomic mass is 32.2. The Hall–Kier alpha value is -1.31. The van der Waals surface area contributed by atoms with E-state index in [1.54, 1.807) is 0 Å². The Morgan fingerprint density at radius 2 is 2.00 bits per heavy atom. The number of rotatable bonds is 5. The molecular weight excluding hydrogens is 296 g/mol. The first-order valence-corrected chi connectivity index (χ1v) is 8.85. The van der Waals surface area contributed by atoms with Crippen LogP contribution in [0, 0.1) is 5.41 Å². The van der Waals surface area contributed by atoms with Crippen molar-refractivity contribution < 1.29 is 23.1 Å². The van der Waals surface area contributed by atoms with Crippen molar-refractivity contribution in [3.8, 4) is 0 Å². The maximum atomic E-state index is 12.2. The van der Waals surface area contributed by atoms with E-state index in [9.17, 15) is 18.0 Å². The SMILES string of the molecule is CCC(C)(C)CNC(=O)N1CCS(=O)(=O)CC1CC(=O)O. The molecule has 1 heterocycles. The minimum absolute atomic E-state index is 0.0403. The van der Waals surface area contributed by atoms with E-state index < -0.39 is 27.9 Å². The lowest BCUT2D eigenvalue weighted by Gasteiger charge is -2.35. The van der Waals surface area contributed by atoms with Crippen LogP contribution in [0.2, 0.25) is 0 Å². The number of aliphatic carboxylic acids is 1. The molecule has 0 spiro atoms. The predicted octanol–water partition coefficient (Wildman–Crippen LogP) is 0.706. The zero-order valence-electron chi connectivity index (χ0n) is 12.8. The van der Waals surface area contributed by atoms with Crippen LogP contribution in [-0.4, -0.2) is 61.1 Å². The Labute approximate surface area is 125 Å². The Balaban J connectivity index is 2.73. The van der Waals surface area contributed by atoms with E-state index in [-0.39, 0.29) is 29.9 Å². The number of sulfone groups is 1. The largest absolute Gasteiger partial charge is 0.481 e. The van der Waals surface area contributed by atoms with Gasteiger partial charge in [0.05, 0.1) is 24.0 Å². The van der Waals surface area contributed by atoms with Gasteiger partial charge >= 0.3 is 12.0 Å². The van der Waals surface area contributed by atoms with Crippen LogP contribution in [0.5, 0.6) is 0 Å². The molecule has 1 fully saturated rings. The third kappa shape index (κ3) is 5.53. The van der Waals surface area contributed by atoms with Crippen molar-refractivity contribution in [3.63, 3.8) is 0 Å². The van der Waals surface area contributed by atoms with Crippen LogP contribution in [0.15, 0.2) is 0 Å². The monoisotopic (exact) mass is 320 g/mol. The lowest BCUT2D eigenvalue weighted by Crippen LogP contribution is -2.55. The van der Waals surface area contributed by atoms with Crippen LogP contribution in [0.4, 0.5) is 4.79 Å². The number of carboxylic acid groups (broad SMARTS) is 1. The molecule has 21 heavy (non-hydrogen) atoms. The summed E-state index contributed by atoms with van der Waals surface area (Å²) in [4.78, 5) is 24.4. The van der Waals surface area contributed by atoms with Gasteiger partial charge in [0.1, 0.15) is 0 Å². The molecule has 0 aromatic carbocycles. The van der Waals surface area contributed by atoms with Gasteiger partial charge in [0.25, 0.3) is 0 Å². The minimum Gasteiger partial charge on any atom is -0.481 e. The number of urea groups is 1. The third-order valence-corrected chi connectivity index (χ3v) is 5.57. The normalized spacial score (nSPS) is 21.9. The first kappa shape index (κ1) is 17.7. The van der Waals surface area contributed by atoms with Crippen LogP contribution in [0.3, 0.4) is 0 Å². The molecular formula is C13H24N2O5S. The summed E-state index contributed by atoms with van der Waals surface area (Å²) >= 11 is 0. The highest BCUT2D eigenvalue weighted by molar-refractivity contribution is 7.91. The first-order valence-electron chi connectivity index (χ1n) is 7.03. The summed E-state index contributed by atoms with van der Waals surface area (Å²) in [5.41, 5.74) is -0.0557. The van der Waals surface area contributed by atoms with E-state index in [0.717, 1.165) is 6.42 Å². The molecule has 0 bridgehead atoms. The fraction of sp³-hybridized carbons (Fsp3) is 0.846. The highest BCUT2D eigenvalue weighted by Crippen LogP contribution is 2.19. The van der Waals surface area contributed by atoms with E-state index in [1.165, 1.54) is 4.90 Å². The van der Waals surface area contributed by atoms with Gasteiger partial charge in [0.2, 0.25) is 0 Å². The molecule has 0 aromatic rings. The van der Waals surface area contributed by atoms with E-state index in [1.807, 2.05) is 20.8 Å². The Kier molecular flexibility index (Phi) is 5.61. The molecule has 1 saturated heterocycles. The predicted molar refractivity (Wildman–Crippen MR) is 78.9 cm³/mol. The van der Waals surface area contributed by atoms with Crippen molar-refractivity contribution in [1.29, 1.82) is 0 Å². The number of hydrogen-bond donors (Lipinski definition) is 2. The molecule has 1 aliphatic heterocycles. The second kappa shape index (κ2) is 6.64. The fourth-order valence-electron chi connectivity index (χ4n) is 2.07. The highest BCUT2D eigenvalue weighted by Gasteiger charge is 2.35. The Morgan fingerprint density at radius 3 is 2.52 bits per heavy atom. The Morgan fingerprint density at radius 1 is 1.38 bits per heavy atom. The summed E-state index contributed by atoms with van der Waals surface area (Å²) in [7, 11) is -3.28. The second-order valence-electron chi connectivity index (χ2n) is 6.24.